The summed E-state index contributed by atoms with van der Waals surface area (Å²) in [6, 6.07) is 8.44. The van der Waals surface area contributed by atoms with E-state index in [4.69, 9.17) is 4.42 Å². The summed E-state index contributed by atoms with van der Waals surface area (Å²) < 4.78 is 19.0. The highest BCUT2D eigenvalue weighted by Crippen LogP contribution is 2.28. The number of nitrogens with zero attached hydrogens (tertiary/aromatic N) is 2. The first-order chi connectivity index (χ1) is 13.5. The number of hydrogen-bond acceptors (Lipinski definition) is 5. The van der Waals surface area contributed by atoms with Crippen LogP contribution in [0.5, 0.6) is 0 Å². The first kappa shape index (κ1) is 19.3. The Kier molecular flexibility index (Phi) is 5.84. The van der Waals surface area contributed by atoms with Gasteiger partial charge in [-0.25, -0.2) is 0 Å². The molecule has 1 aromatic carbocycles. The van der Waals surface area contributed by atoms with E-state index in [1.54, 1.807) is 0 Å². The molecule has 1 saturated carbocycles. The standard InChI is InChI=1S/C20H18FN3O4/c21-17-8-6-13(11-18(17)24(26)27)19-9-7-16(28-19)10-14(12-22)20(25)23-15-4-2-1-3-5-15/h6-11,15H,1-5H2,(H,23,25)/b14-10+. The van der Waals surface area contributed by atoms with Gasteiger partial charge < -0.3 is 9.73 Å². The maximum absolute atomic E-state index is 13.5. The molecule has 2 aromatic rings. The highest BCUT2D eigenvalue weighted by molar-refractivity contribution is 6.01. The van der Waals surface area contributed by atoms with Crippen molar-refractivity contribution < 1.29 is 18.5 Å². The van der Waals surface area contributed by atoms with Crippen LogP contribution in [0, 0.1) is 27.3 Å². The van der Waals surface area contributed by atoms with E-state index in [0.717, 1.165) is 44.2 Å². The third-order valence-electron chi connectivity index (χ3n) is 4.65. The summed E-state index contributed by atoms with van der Waals surface area (Å²) in [6.45, 7) is 0. The highest BCUT2D eigenvalue weighted by Gasteiger charge is 2.19. The van der Waals surface area contributed by atoms with Gasteiger partial charge in [-0.2, -0.15) is 9.65 Å². The second kappa shape index (κ2) is 8.48. The average molecular weight is 383 g/mol. The molecule has 1 amide bonds. The zero-order valence-electron chi connectivity index (χ0n) is 15.0. The van der Waals surface area contributed by atoms with Gasteiger partial charge in [-0.05, 0) is 37.1 Å². The van der Waals surface area contributed by atoms with Gasteiger partial charge in [-0.3, -0.25) is 14.9 Å². The van der Waals surface area contributed by atoms with Crippen molar-refractivity contribution in [3.05, 3.63) is 57.6 Å². The summed E-state index contributed by atoms with van der Waals surface area (Å²) in [5, 5.41) is 23.0. The zero-order chi connectivity index (χ0) is 20.1. The monoisotopic (exact) mass is 383 g/mol. The van der Waals surface area contributed by atoms with Gasteiger partial charge in [0.25, 0.3) is 5.91 Å². The number of benzene rings is 1. The van der Waals surface area contributed by atoms with E-state index in [1.807, 2.05) is 6.07 Å². The van der Waals surface area contributed by atoms with E-state index in [9.17, 15) is 24.6 Å². The number of carbonyl (C=O) groups is 1. The lowest BCUT2D eigenvalue weighted by Crippen LogP contribution is -2.36. The van der Waals surface area contributed by atoms with Crippen LogP contribution in [0.1, 0.15) is 37.9 Å². The van der Waals surface area contributed by atoms with E-state index in [0.29, 0.717) is 5.56 Å². The summed E-state index contributed by atoms with van der Waals surface area (Å²) in [6.07, 6.45) is 6.39. The van der Waals surface area contributed by atoms with E-state index in [1.165, 1.54) is 24.3 Å². The van der Waals surface area contributed by atoms with Gasteiger partial charge in [0.15, 0.2) is 0 Å². The van der Waals surface area contributed by atoms with Gasteiger partial charge in [0.2, 0.25) is 5.82 Å². The van der Waals surface area contributed by atoms with Crippen LogP contribution < -0.4 is 5.32 Å². The fourth-order valence-electron chi connectivity index (χ4n) is 3.19. The second-order valence-electron chi connectivity index (χ2n) is 6.60. The Bertz CT molecular complexity index is 968. The number of furan rings is 1. The molecule has 8 heteroatoms. The maximum Gasteiger partial charge on any atom is 0.305 e. The average Bonchev–Trinajstić information content (AvgIpc) is 3.15. The number of carbonyl (C=O) groups excluding carboxylic acids is 1. The molecular weight excluding hydrogens is 365 g/mol. The lowest BCUT2D eigenvalue weighted by atomic mass is 9.95. The summed E-state index contributed by atoms with van der Waals surface area (Å²) in [5.74, 6) is -0.881. The Morgan fingerprint density at radius 1 is 1.29 bits per heavy atom. The van der Waals surface area contributed by atoms with Crippen LogP contribution in [-0.2, 0) is 4.79 Å². The fourth-order valence-corrected chi connectivity index (χ4v) is 3.19. The largest absolute Gasteiger partial charge is 0.457 e. The molecule has 0 spiro atoms. The normalized spacial score (nSPS) is 15.1. The number of nitro groups is 1. The van der Waals surface area contributed by atoms with Gasteiger partial charge in [-0.1, -0.05) is 19.3 Å². The molecular formula is C20H18FN3O4. The van der Waals surface area contributed by atoms with E-state index in [2.05, 4.69) is 5.32 Å². The molecule has 1 N–H and O–H groups in total. The lowest BCUT2D eigenvalue weighted by Gasteiger charge is -2.22. The zero-order valence-corrected chi connectivity index (χ0v) is 15.0. The highest BCUT2D eigenvalue weighted by atomic mass is 19.1. The van der Waals surface area contributed by atoms with Crippen molar-refractivity contribution in [1.82, 2.24) is 5.32 Å². The third-order valence-corrected chi connectivity index (χ3v) is 4.65. The van der Waals surface area contributed by atoms with Crippen molar-refractivity contribution in [2.24, 2.45) is 0 Å². The Labute approximate surface area is 160 Å². The topological polar surface area (TPSA) is 109 Å². The summed E-state index contributed by atoms with van der Waals surface area (Å²) in [5.41, 5.74) is -0.426. The van der Waals surface area contributed by atoms with Crippen LogP contribution in [0.25, 0.3) is 17.4 Å². The van der Waals surface area contributed by atoms with Crippen molar-refractivity contribution in [1.29, 1.82) is 5.26 Å². The predicted molar refractivity (Wildman–Crippen MR) is 99.4 cm³/mol. The minimum absolute atomic E-state index is 0.0740. The minimum atomic E-state index is -0.938. The predicted octanol–water partition coefficient (Wildman–Crippen LogP) is 4.35. The molecule has 1 aromatic heterocycles. The molecule has 0 saturated heterocycles. The number of hydrogen-bond donors (Lipinski definition) is 1. The number of amides is 1. The van der Waals surface area contributed by atoms with Gasteiger partial charge in [0.1, 0.15) is 23.2 Å². The number of nitriles is 1. The molecule has 0 aliphatic heterocycles. The summed E-state index contributed by atoms with van der Waals surface area (Å²) in [7, 11) is 0. The molecule has 0 radical (unpaired) electrons. The molecule has 0 atom stereocenters. The lowest BCUT2D eigenvalue weighted by molar-refractivity contribution is -0.387. The number of halogens is 1. The molecule has 1 fully saturated rings. The summed E-state index contributed by atoms with van der Waals surface area (Å²) >= 11 is 0. The van der Waals surface area contributed by atoms with E-state index < -0.39 is 22.3 Å². The van der Waals surface area contributed by atoms with Crippen LogP contribution in [0.4, 0.5) is 10.1 Å². The van der Waals surface area contributed by atoms with Gasteiger partial charge in [-0.15, -0.1) is 0 Å². The first-order valence-electron chi connectivity index (χ1n) is 8.94. The van der Waals surface area contributed by atoms with E-state index in [-0.39, 0.29) is 23.1 Å². The van der Waals surface area contributed by atoms with Crippen LogP contribution >= 0.6 is 0 Å². The first-order valence-corrected chi connectivity index (χ1v) is 8.94. The van der Waals surface area contributed by atoms with Crippen molar-refractivity contribution in [3.63, 3.8) is 0 Å². The van der Waals surface area contributed by atoms with Crippen LogP contribution in [0.15, 0.2) is 40.3 Å². The van der Waals surface area contributed by atoms with Crippen LogP contribution in [0.3, 0.4) is 0 Å². The Morgan fingerprint density at radius 3 is 2.71 bits per heavy atom. The molecule has 28 heavy (non-hydrogen) atoms. The second-order valence-corrected chi connectivity index (χ2v) is 6.60. The molecule has 1 aliphatic rings. The van der Waals surface area contributed by atoms with E-state index >= 15 is 0 Å². The molecule has 144 valence electrons. The number of rotatable bonds is 5. The quantitative estimate of drug-likeness (QED) is 0.357. The number of nitrogens with one attached hydrogen (secondary N) is 1. The van der Waals surface area contributed by atoms with Crippen molar-refractivity contribution in [3.8, 4) is 17.4 Å². The molecule has 3 rings (SSSR count). The molecule has 1 aliphatic carbocycles. The molecule has 1 heterocycles. The number of nitro benzene ring substituents is 1. The maximum atomic E-state index is 13.5. The molecule has 0 unspecified atom stereocenters. The smallest absolute Gasteiger partial charge is 0.305 e. The van der Waals surface area contributed by atoms with Gasteiger partial charge in [0.05, 0.1) is 4.92 Å². The van der Waals surface area contributed by atoms with Crippen LogP contribution in [0.2, 0.25) is 0 Å². The van der Waals surface area contributed by atoms with Crippen molar-refractivity contribution in [2.75, 3.05) is 0 Å². The van der Waals surface area contributed by atoms with Crippen LogP contribution in [-0.4, -0.2) is 16.9 Å². The van der Waals surface area contributed by atoms with Gasteiger partial charge in [0, 0.05) is 23.7 Å². The van der Waals surface area contributed by atoms with Gasteiger partial charge >= 0.3 is 5.69 Å². The van der Waals surface area contributed by atoms with Crippen molar-refractivity contribution in [2.45, 2.75) is 38.1 Å². The fraction of sp³-hybridized carbons (Fsp3) is 0.300. The SMILES string of the molecule is N#C/C(=C\c1ccc(-c2ccc(F)c([N+](=O)[O-])c2)o1)C(=O)NC1CCCCC1. The minimum Gasteiger partial charge on any atom is -0.457 e. The third kappa shape index (κ3) is 4.43. The van der Waals surface area contributed by atoms with Crippen molar-refractivity contribution >= 4 is 17.7 Å². The Hall–Kier alpha value is -3.47. The molecule has 0 bridgehead atoms. The Balaban J connectivity index is 1.78. The Morgan fingerprint density at radius 2 is 2.04 bits per heavy atom. The summed E-state index contributed by atoms with van der Waals surface area (Å²) in [4.78, 5) is 22.4. The molecule has 7 nitrogen and oxygen atoms in total.